The van der Waals surface area contributed by atoms with Gasteiger partial charge in [-0.25, -0.2) is 0 Å². The minimum atomic E-state index is -0.980. The van der Waals surface area contributed by atoms with E-state index >= 15 is 0 Å². The molecule has 98 valence electrons. The molecule has 0 saturated carbocycles. The number of benzene rings is 1. The van der Waals surface area contributed by atoms with E-state index in [4.69, 9.17) is 27.2 Å². The van der Waals surface area contributed by atoms with Crippen molar-refractivity contribution < 1.29 is 14.6 Å². The SMILES string of the molecule is CCN.CCOc1ccccc1.O=C(O)CCl. The third-order valence-corrected chi connectivity index (χ3v) is 1.40. The molecule has 0 aliphatic carbocycles. The Morgan fingerprint density at radius 1 is 1.35 bits per heavy atom. The van der Waals surface area contributed by atoms with Crippen molar-refractivity contribution in [1.82, 2.24) is 0 Å². The van der Waals surface area contributed by atoms with Crippen LogP contribution in [0.3, 0.4) is 0 Å². The average molecular weight is 262 g/mol. The molecule has 0 amide bonds. The first-order chi connectivity index (χ1) is 8.12. The number of carboxylic acid groups (broad SMARTS) is 1. The molecule has 0 aliphatic rings. The van der Waals surface area contributed by atoms with Crippen LogP contribution in [0.1, 0.15) is 13.8 Å². The van der Waals surface area contributed by atoms with Crippen LogP contribution < -0.4 is 10.5 Å². The summed E-state index contributed by atoms with van der Waals surface area (Å²) in [6.45, 7) is 5.37. The lowest BCUT2D eigenvalue weighted by Crippen LogP contribution is -1.92. The van der Waals surface area contributed by atoms with Gasteiger partial charge in [-0.3, -0.25) is 4.79 Å². The highest BCUT2D eigenvalue weighted by atomic mass is 35.5. The first-order valence-corrected chi connectivity index (χ1v) is 5.81. The summed E-state index contributed by atoms with van der Waals surface area (Å²) in [5, 5.41) is 7.59. The second kappa shape index (κ2) is 14.7. The molecule has 0 atom stereocenters. The van der Waals surface area contributed by atoms with Crippen LogP contribution in [0, 0.1) is 0 Å². The third kappa shape index (κ3) is 17.4. The van der Waals surface area contributed by atoms with Crippen LogP contribution in [0.25, 0.3) is 0 Å². The molecule has 0 unspecified atom stereocenters. The zero-order valence-corrected chi connectivity index (χ0v) is 11.0. The Morgan fingerprint density at radius 3 is 2.06 bits per heavy atom. The van der Waals surface area contributed by atoms with Crippen LogP contribution in [0.4, 0.5) is 0 Å². The quantitative estimate of drug-likeness (QED) is 0.820. The van der Waals surface area contributed by atoms with E-state index in [-0.39, 0.29) is 5.88 Å². The number of aliphatic carboxylic acids is 1. The monoisotopic (exact) mass is 261 g/mol. The fourth-order valence-corrected chi connectivity index (χ4v) is 0.683. The van der Waals surface area contributed by atoms with Crippen molar-refractivity contribution >= 4 is 17.6 Å². The molecule has 5 heteroatoms. The zero-order valence-electron chi connectivity index (χ0n) is 10.2. The predicted octanol–water partition coefficient (Wildman–Crippen LogP) is 2.36. The van der Waals surface area contributed by atoms with Gasteiger partial charge in [-0.15, -0.1) is 11.6 Å². The van der Waals surface area contributed by atoms with E-state index in [9.17, 15) is 4.79 Å². The molecule has 4 nitrogen and oxygen atoms in total. The van der Waals surface area contributed by atoms with Crippen LogP contribution in [0.2, 0.25) is 0 Å². The maximum Gasteiger partial charge on any atom is 0.318 e. The number of carbonyl (C=O) groups is 1. The summed E-state index contributed by atoms with van der Waals surface area (Å²) in [7, 11) is 0. The van der Waals surface area contributed by atoms with Gasteiger partial charge in [-0.2, -0.15) is 0 Å². The fraction of sp³-hybridized carbons (Fsp3) is 0.417. The van der Waals surface area contributed by atoms with Crippen LogP contribution in [-0.4, -0.2) is 30.1 Å². The van der Waals surface area contributed by atoms with Gasteiger partial charge in [-0.05, 0) is 25.6 Å². The van der Waals surface area contributed by atoms with E-state index in [1.807, 2.05) is 44.2 Å². The van der Waals surface area contributed by atoms with Crippen LogP contribution in [-0.2, 0) is 4.79 Å². The molecule has 0 aliphatic heterocycles. The van der Waals surface area contributed by atoms with Gasteiger partial charge in [0, 0.05) is 0 Å². The largest absolute Gasteiger partial charge is 0.494 e. The Balaban J connectivity index is 0. The smallest absolute Gasteiger partial charge is 0.318 e. The number of alkyl halides is 1. The van der Waals surface area contributed by atoms with Gasteiger partial charge in [-0.1, -0.05) is 25.1 Å². The minimum absolute atomic E-state index is 0.306. The van der Waals surface area contributed by atoms with Crippen molar-refractivity contribution in [2.24, 2.45) is 5.73 Å². The van der Waals surface area contributed by atoms with E-state index in [0.29, 0.717) is 0 Å². The Labute approximate surface area is 107 Å². The van der Waals surface area contributed by atoms with Gasteiger partial charge in [0.15, 0.2) is 0 Å². The Morgan fingerprint density at radius 2 is 1.76 bits per heavy atom. The van der Waals surface area contributed by atoms with Gasteiger partial charge < -0.3 is 15.6 Å². The number of hydrogen-bond donors (Lipinski definition) is 2. The molecule has 3 N–H and O–H groups in total. The Kier molecular flexibility index (Phi) is 15.7. The molecule has 0 bridgehead atoms. The molecule has 0 spiro atoms. The third-order valence-electron chi connectivity index (χ3n) is 1.17. The van der Waals surface area contributed by atoms with Crippen LogP contribution >= 0.6 is 11.6 Å². The number of nitrogens with two attached hydrogens (primary N) is 1. The Hall–Kier alpha value is -1.26. The maximum absolute atomic E-state index is 9.24. The average Bonchev–Trinajstić information content (AvgIpc) is 2.32. The summed E-state index contributed by atoms with van der Waals surface area (Å²) in [5.74, 6) is -0.341. The van der Waals surface area contributed by atoms with Crippen molar-refractivity contribution in [2.45, 2.75) is 13.8 Å². The predicted molar refractivity (Wildman–Crippen MR) is 70.7 cm³/mol. The van der Waals surface area contributed by atoms with E-state index < -0.39 is 5.97 Å². The van der Waals surface area contributed by atoms with E-state index in [2.05, 4.69) is 0 Å². The summed E-state index contributed by atoms with van der Waals surface area (Å²) in [4.78, 5) is 9.24. The highest BCUT2D eigenvalue weighted by Gasteiger charge is 1.84. The first kappa shape index (κ1) is 18.1. The van der Waals surface area contributed by atoms with Crippen molar-refractivity contribution in [3.8, 4) is 5.75 Å². The number of hydrogen-bond acceptors (Lipinski definition) is 3. The van der Waals surface area contributed by atoms with Gasteiger partial charge in [0.2, 0.25) is 0 Å². The minimum Gasteiger partial charge on any atom is -0.494 e. The highest BCUT2D eigenvalue weighted by Crippen LogP contribution is 2.06. The van der Waals surface area contributed by atoms with Crippen molar-refractivity contribution in [2.75, 3.05) is 19.0 Å². The number of rotatable bonds is 3. The standard InChI is InChI=1S/C8H10O.C2H3ClO2.C2H7N/c1-2-9-8-6-4-3-5-7-8;3-1-2(4)5;1-2-3/h3-7H,2H2,1H3;1H2,(H,4,5);2-3H2,1H3. The van der Waals surface area contributed by atoms with Gasteiger partial charge in [0.1, 0.15) is 11.6 Å². The molecule has 1 aromatic carbocycles. The molecule has 0 saturated heterocycles. The lowest BCUT2D eigenvalue weighted by molar-refractivity contribution is -0.134. The molecule has 0 fully saturated rings. The zero-order chi connectivity index (χ0) is 13.5. The molecular weight excluding hydrogens is 242 g/mol. The van der Waals surface area contributed by atoms with E-state index in [1.54, 1.807) is 0 Å². The summed E-state index contributed by atoms with van der Waals surface area (Å²) >= 11 is 4.74. The number of para-hydroxylation sites is 1. The van der Waals surface area contributed by atoms with Gasteiger partial charge >= 0.3 is 5.97 Å². The molecule has 0 radical (unpaired) electrons. The summed E-state index contributed by atoms with van der Waals surface area (Å²) in [5.41, 5.74) is 4.85. The lowest BCUT2D eigenvalue weighted by atomic mass is 10.3. The Bertz CT molecular complexity index is 268. The highest BCUT2D eigenvalue weighted by molar-refractivity contribution is 6.26. The van der Waals surface area contributed by atoms with Crippen molar-refractivity contribution in [1.29, 1.82) is 0 Å². The first-order valence-electron chi connectivity index (χ1n) is 5.27. The molecule has 0 aromatic heterocycles. The molecule has 1 rings (SSSR count). The molecular formula is C12H20ClNO3. The maximum atomic E-state index is 9.24. The van der Waals surface area contributed by atoms with E-state index in [0.717, 1.165) is 18.9 Å². The number of halogens is 1. The van der Waals surface area contributed by atoms with Gasteiger partial charge in [0.05, 0.1) is 6.61 Å². The second-order valence-electron chi connectivity index (χ2n) is 2.68. The van der Waals surface area contributed by atoms with E-state index in [1.165, 1.54) is 0 Å². The summed E-state index contributed by atoms with van der Waals surface area (Å²) in [6, 6.07) is 9.80. The van der Waals surface area contributed by atoms with Crippen LogP contribution in [0.5, 0.6) is 5.75 Å². The number of carboxylic acids is 1. The van der Waals surface area contributed by atoms with Crippen molar-refractivity contribution in [3.05, 3.63) is 30.3 Å². The lowest BCUT2D eigenvalue weighted by Gasteiger charge is -1.99. The summed E-state index contributed by atoms with van der Waals surface area (Å²) < 4.78 is 5.21. The molecule has 1 aromatic rings. The van der Waals surface area contributed by atoms with Crippen LogP contribution in [0.15, 0.2) is 30.3 Å². The normalized spacial score (nSPS) is 8.00. The molecule has 17 heavy (non-hydrogen) atoms. The summed E-state index contributed by atoms with van der Waals surface area (Å²) in [6.07, 6.45) is 0. The van der Waals surface area contributed by atoms with Gasteiger partial charge in [0.25, 0.3) is 0 Å². The topological polar surface area (TPSA) is 72.5 Å². The second-order valence-corrected chi connectivity index (χ2v) is 2.95. The van der Waals surface area contributed by atoms with Crippen molar-refractivity contribution in [3.63, 3.8) is 0 Å². The number of ether oxygens (including phenoxy) is 1. The molecule has 0 heterocycles. The fourth-order valence-electron chi connectivity index (χ4n) is 0.683.